The molecule has 2 aliphatic carbocycles. The highest BCUT2D eigenvalue weighted by atomic mass is 16.4. The molecule has 3 unspecified atom stereocenters. The van der Waals surface area contributed by atoms with Crippen LogP contribution in [0.2, 0.25) is 0 Å². The number of rotatable bonds is 2. The predicted molar refractivity (Wildman–Crippen MR) is 44.6 cm³/mol. The van der Waals surface area contributed by atoms with Crippen molar-refractivity contribution in [2.24, 2.45) is 17.1 Å². The molecule has 2 bridgehead atoms. The summed E-state index contributed by atoms with van der Waals surface area (Å²) in [6.07, 6.45) is 4.62. The maximum atomic E-state index is 10.6. The fraction of sp³-hybridized carbons (Fsp3) is 0.889. The number of carboxylic acid groups (broad SMARTS) is 1. The normalized spacial score (nSPS) is 45.1. The van der Waals surface area contributed by atoms with Gasteiger partial charge in [0.15, 0.2) is 0 Å². The van der Waals surface area contributed by atoms with Crippen molar-refractivity contribution >= 4 is 5.97 Å². The lowest BCUT2D eigenvalue weighted by Crippen LogP contribution is -2.39. The quantitative estimate of drug-likeness (QED) is 0.647. The van der Waals surface area contributed by atoms with Crippen LogP contribution in [0.15, 0.2) is 0 Å². The van der Waals surface area contributed by atoms with Gasteiger partial charge in [-0.15, -0.1) is 0 Å². The maximum absolute atomic E-state index is 10.6. The molecule has 0 aromatic rings. The van der Waals surface area contributed by atoms with Crippen molar-refractivity contribution in [3.05, 3.63) is 0 Å². The van der Waals surface area contributed by atoms with Crippen LogP contribution in [0.4, 0.5) is 0 Å². The summed E-state index contributed by atoms with van der Waals surface area (Å²) in [5.41, 5.74) is 5.91. The summed E-state index contributed by atoms with van der Waals surface area (Å²) in [7, 11) is 0. The Labute approximate surface area is 71.9 Å². The summed E-state index contributed by atoms with van der Waals surface area (Å²) in [6, 6.07) is 0.146. The molecule has 2 rings (SSSR count). The number of hydrogen-bond acceptors (Lipinski definition) is 2. The van der Waals surface area contributed by atoms with E-state index in [1.165, 1.54) is 6.42 Å². The van der Waals surface area contributed by atoms with E-state index >= 15 is 0 Å². The summed E-state index contributed by atoms with van der Waals surface area (Å²) in [6.45, 7) is 0. The highest BCUT2D eigenvalue weighted by molar-refractivity contribution is 5.68. The van der Waals surface area contributed by atoms with Gasteiger partial charge in [0.25, 0.3) is 0 Å². The number of nitrogens with two attached hydrogens (primary N) is 1. The molecule has 0 aromatic heterocycles. The number of carbonyl (C=O) groups is 1. The van der Waals surface area contributed by atoms with Crippen LogP contribution >= 0.6 is 0 Å². The fourth-order valence-corrected chi connectivity index (χ4v) is 3.01. The van der Waals surface area contributed by atoms with Crippen LogP contribution < -0.4 is 5.73 Å². The summed E-state index contributed by atoms with van der Waals surface area (Å²) in [4.78, 5) is 10.6. The van der Waals surface area contributed by atoms with E-state index in [2.05, 4.69) is 0 Å². The maximum Gasteiger partial charge on any atom is 0.303 e. The molecule has 0 aromatic carbocycles. The van der Waals surface area contributed by atoms with E-state index < -0.39 is 5.97 Å². The Morgan fingerprint density at radius 3 is 2.83 bits per heavy atom. The van der Waals surface area contributed by atoms with Crippen molar-refractivity contribution in [2.75, 3.05) is 0 Å². The van der Waals surface area contributed by atoms with Gasteiger partial charge < -0.3 is 10.8 Å². The third-order valence-electron chi connectivity index (χ3n) is 3.62. The largest absolute Gasteiger partial charge is 0.481 e. The number of fused-ring (bicyclic) bond motifs is 2. The molecule has 2 aliphatic rings. The zero-order valence-corrected chi connectivity index (χ0v) is 7.12. The topological polar surface area (TPSA) is 63.3 Å². The molecular weight excluding hydrogens is 154 g/mol. The lowest BCUT2D eigenvalue weighted by molar-refractivity contribution is -0.139. The van der Waals surface area contributed by atoms with E-state index in [1.807, 2.05) is 0 Å². The van der Waals surface area contributed by atoms with Gasteiger partial charge in [-0.2, -0.15) is 0 Å². The molecule has 12 heavy (non-hydrogen) atoms. The summed E-state index contributed by atoms with van der Waals surface area (Å²) < 4.78 is 0. The van der Waals surface area contributed by atoms with E-state index in [0.717, 1.165) is 25.2 Å². The Kier molecular flexibility index (Phi) is 1.65. The zero-order valence-electron chi connectivity index (χ0n) is 7.12. The fourth-order valence-electron chi connectivity index (χ4n) is 3.01. The highest BCUT2D eigenvalue weighted by Crippen LogP contribution is 2.55. The van der Waals surface area contributed by atoms with Crippen LogP contribution in [-0.2, 0) is 4.79 Å². The molecule has 2 saturated carbocycles. The van der Waals surface area contributed by atoms with E-state index in [9.17, 15) is 4.79 Å². The average Bonchev–Trinajstić information content (AvgIpc) is 2.42. The van der Waals surface area contributed by atoms with Gasteiger partial charge in [-0.25, -0.2) is 0 Å². The van der Waals surface area contributed by atoms with Gasteiger partial charge in [-0.1, -0.05) is 0 Å². The van der Waals surface area contributed by atoms with Crippen LogP contribution in [0.25, 0.3) is 0 Å². The van der Waals surface area contributed by atoms with Gasteiger partial charge in [-0.05, 0) is 37.0 Å². The lowest BCUT2D eigenvalue weighted by Gasteiger charge is -2.30. The Morgan fingerprint density at radius 2 is 2.42 bits per heavy atom. The minimum Gasteiger partial charge on any atom is -0.481 e. The van der Waals surface area contributed by atoms with Crippen molar-refractivity contribution in [2.45, 2.75) is 38.1 Å². The zero-order chi connectivity index (χ0) is 8.77. The Bertz CT molecular complexity index is 217. The first-order chi connectivity index (χ1) is 5.62. The molecule has 0 radical (unpaired) electrons. The third kappa shape index (κ3) is 1.04. The first kappa shape index (κ1) is 8.05. The van der Waals surface area contributed by atoms with Crippen LogP contribution in [0.3, 0.4) is 0 Å². The van der Waals surface area contributed by atoms with Gasteiger partial charge in [-0.3, -0.25) is 4.79 Å². The SMILES string of the molecule is NC1CC2CCC1(CC(=O)O)C2. The first-order valence-corrected chi connectivity index (χ1v) is 4.60. The molecule has 68 valence electrons. The van der Waals surface area contributed by atoms with Crippen molar-refractivity contribution in [1.29, 1.82) is 0 Å². The second-order valence-electron chi connectivity index (χ2n) is 4.38. The third-order valence-corrected chi connectivity index (χ3v) is 3.62. The van der Waals surface area contributed by atoms with Gasteiger partial charge in [0.2, 0.25) is 0 Å². The second-order valence-corrected chi connectivity index (χ2v) is 4.38. The monoisotopic (exact) mass is 169 g/mol. The van der Waals surface area contributed by atoms with Gasteiger partial charge in [0.05, 0.1) is 6.42 Å². The summed E-state index contributed by atoms with van der Waals surface area (Å²) in [5.74, 6) is 0.0346. The minimum absolute atomic E-state index is 0.0312. The van der Waals surface area contributed by atoms with Gasteiger partial charge in [0.1, 0.15) is 0 Å². The number of aliphatic carboxylic acids is 1. The molecule has 0 heterocycles. The Hall–Kier alpha value is -0.570. The highest BCUT2D eigenvalue weighted by Gasteiger charge is 2.51. The van der Waals surface area contributed by atoms with Crippen molar-refractivity contribution in [3.63, 3.8) is 0 Å². The van der Waals surface area contributed by atoms with Crippen molar-refractivity contribution in [3.8, 4) is 0 Å². The Balaban J connectivity index is 2.13. The van der Waals surface area contributed by atoms with Crippen molar-refractivity contribution < 1.29 is 9.90 Å². The molecule has 3 heteroatoms. The van der Waals surface area contributed by atoms with Crippen LogP contribution in [0.5, 0.6) is 0 Å². The van der Waals surface area contributed by atoms with E-state index in [-0.39, 0.29) is 17.9 Å². The predicted octanol–water partition coefficient (Wildman–Crippen LogP) is 0.979. The molecule has 0 aliphatic heterocycles. The molecule has 2 fully saturated rings. The molecule has 0 saturated heterocycles. The van der Waals surface area contributed by atoms with Crippen LogP contribution in [-0.4, -0.2) is 17.1 Å². The first-order valence-electron chi connectivity index (χ1n) is 4.60. The smallest absolute Gasteiger partial charge is 0.303 e. The van der Waals surface area contributed by atoms with E-state index in [4.69, 9.17) is 10.8 Å². The standard InChI is InChI=1S/C9H15NO2/c10-7-3-6-1-2-9(7,4-6)5-8(11)12/h6-7H,1-5,10H2,(H,11,12). The summed E-state index contributed by atoms with van der Waals surface area (Å²) in [5, 5.41) is 8.75. The van der Waals surface area contributed by atoms with Gasteiger partial charge in [0, 0.05) is 6.04 Å². The molecule has 0 amide bonds. The minimum atomic E-state index is -0.687. The molecular formula is C9H15NO2. The second kappa shape index (κ2) is 2.46. The van der Waals surface area contributed by atoms with Crippen molar-refractivity contribution in [1.82, 2.24) is 0 Å². The number of hydrogen-bond donors (Lipinski definition) is 2. The van der Waals surface area contributed by atoms with E-state index in [1.54, 1.807) is 0 Å². The summed E-state index contributed by atoms with van der Waals surface area (Å²) >= 11 is 0. The van der Waals surface area contributed by atoms with E-state index in [0.29, 0.717) is 0 Å². The molecule has 3 nitrogen and oxygen atoms in total. The molecule has 0 spiro atoms. The van der Waals surface area contributed by atoms with Crippen LogP contribution in [0.1, 0.15) is 32.1 Å². The van der Waals surface area contributed by atoms with Crippen LogP contribution in [0, 0.1) is 11.3 Å². The molecule has 3 N–H and O–H groups in total. The average molecular weight is 169 g/mol. The molecule has 3 atom stereocenters. The Morgan fingerprint density at radius 1 is 1.67 bits per heavy atom. The van der Waals surface area contributed by atoms with Gasteiger partial charge >= 0.3 is 5.97 Å². The lowest BCUT2D eigenvalue weighted by atomic mass is 9.77. The number of carboxylic acids is 1.